The molecule has 2 rings (SSSR count). The average Bonchev–Trinajstić information content (AvgIpc) is 2.60. The van der Waals surface area contributed by atoms with Crippen LogP contribution in [0.25, 0.3) is 10.9 Å². The van der Waals surface area contributed by atoms with Gasteiger partial charge in [0, 0.05) is 29.7 Å². The highest BCUT2D eigenvalue weighted by atomic mass is 15.0. The van der Waals surface area contributed by atoms with Crippen molar-refractivity contribution in [2.75, 3.05) is 0 Å². The molecule has 0 aliphatic heterocycles. The molecule has 15 heavy (non-hydrogen) atoms. The van der Waals surface area contributed by atoms with E-state index in [2.05, 4.69) is 10.6 Å². The van der Waals surface area contributed by atoms with Gasteiger partial charge >= 0.3 is 0 Å². The monoisotopic (exact) mass is 199 g/mol. The third-order valence-electron chi connectivity index (χ3n) is 2.38. The van der Waals surface area contributed by atoms with Crippen molar-refractivity contribution >= 4 is 10.9 Å². The van der Waals surface area contributed by atoms with Gasteiger partial charge in [-0.15, -0.1) is 0 Å². The minimum atomic E-state index is 0.135. The molecule has 1 aromatic heterocycles. The molecule has 0 saturated heterocycles. The molecular formula is C12H13N3. The number of fused-ring (bicyclic) bond motifs is 1. The third kappa shape index (κ3) is 1.85. The first-order valence-corrected chi connectivity index (χ1v) is 4.95. The fourth-order valence-electron chi connectivity index (χ4n) is 1.74. The van der Waals surface area contributed by atoms with Crippen LogP contribution in [0, 0.1) is 11.3 Å². The molecule has 0 aliphatic carbocycles. The van der Waals surface area contributed by atoms with E-state index in [0.29, 0.717) is 5.56 Å². The van der Waals surface area contributed by atoms with Crippen molar-refractivity contribution < 1.29 is 0 Å². The summed E-state index contributed by atoms with van der Waals surface area (Å²) in [7, 11) is 0. The molecular weight excluding hydrogens is 186 g/mol. The van der Waals surface area contributed by atoms with E-state index in [0.717, 1.165) is 17.4 Å². The van der Waals surface area contributed by atoms with Crippen LogP contribution in [-0.2, 0) is 6.54 Å². The fraction of sp³-hybridized carbons (Fsp3) is 0.250. The summed E-state index contributed by atoms with van der Waals surface area (Å²) in [6, 6.07) is 9.98. The van der Waals surface area contributed by atoms with Crippen LogP contribution in [0.4, 0.5) is 0 Å². The summed E-state index contributed by atoms with van der Waals surface area (Å²) in [5, 5.41) is 9.86. The number of aromatic nitrogens is 1. The maximum Gasteiger partial charge on any atom is 0.0991 e. The molecule has 1 aromatic carbocycles. The van der Waals surface area contributed by atoms with Crippen molar-refractivity contribution in [2.24, 2.45) is 5.73 Å². The van der Waals surface area contributed by atoms with Gasteiger partial charge in [0.1, 0.15) is 0 Å². The minimum Gasteiger partial charge on any atom is -0.346 e. The molecule has 0 amide bonds. The lowest BCUT2D eigenvalue weighted by atomic mass is 10.2. The zero-order valence-corrected chi connectivity index (χ0v) is 8.64. The van der Waals surface area contributed by atoms with Crippen LogP contribution in [0.2, 0.25) is 0 Å². The van der Waals surface area contributed by atoms with Crippen LogP contribution >= 0.6 is 0 Å². The fourth-order valence-corrected chi connectivity index (χ4v) is 1.74. The van der Waals surface area contributed by atoms with Gasteiger partial charge in [-0.25, -0.2) is 0 Å². The lowest BCUT2D eigenvalue weighted by Gasteiger charge is -2.08. The van der Waals surface area contributed by atoms with Crippen LogP contribution in [0.5, 0.6) is 0 Å². The maximum absolute atomic E-state index is 8.77. The van der Waals surface area contributed by atoms with Crippen molar-refractivity contribution in [3.63, 3.8) is 0 Å². The van der Waals surface area contributed by atoms with E-state index >= 15 is 0 Å². The van der Waals surface area contributed by atoms with E-state index in [1.165, 1.54) is 0 Å². The van der Waals surface area contributed by atoms with Crippen LogP contribution in [0.3, 0.4) is 0 Å². The highest BCUT2D eigenvalue weighted by molar-refractivity contribution is 5.81. The minimum absolute atomic E-state index is 0.135. The molecule has 3 nitrogen and oxygen atoms in total. The van der Waals surface area contributed by atoms with E-state index < -0.39 is 0 Å². The number of benzene rings is 1. The molecule has 1 heterocycles. The number of hydrogen-bond donors (Lipinski definition) is 1. The Balaban J connectivity index is 2.48. The summed E-state index contributed by atoms with van der Waals surface area (Å²) in [6.45, 7) is 2.78. The number of nitriles is 1. The van der Waals surface area contributed by atoms with Gasteiger partial charge in [0.15, 0.2) is 0 Å². The van der Waals surface area contributed by atoms with Gasteiger partial charge in [-0.3, -0.25) is 0 Å². The molecule has 0 bridgehead atoms. The Hall–Kier alpha value is -1.79. The molecule has 76 valence electrons. The predicted octanol–water partition coefficient (Wildman–Crippen LogP) is 1.86. The van der Waals surface area contributed by atoms with Crippen LogP contribution < -0.4 is 5.73 Å². The summed E-state index contributed by atoms with van der Waals surface area (Å²) >= 11 is 0. The first-order valence-electron chi connectivity index (χ1n) is 4.95. The van der Waals surface area contributed by atoms with Crippen molar-refractivity contribution in [2.45, 2.75) is 19.5 Å². The highest BCUT2D eigenvalue weighted by Crippen LogP contribution is 2.17. The smallest absolute Gasteiger partial charge is 0.0991 e. The van der Waals surface area contributed by atoms with Crippen molar-refractivity contribution in [3.8, 4) is 6.07 Å². The molecule has 2 N–H and O–H groups in total. The second kappa shape index (κ2) is 3.76. The van der Waals surface area contributed by atoms with E-state index in [9.17, 15) is 0 Å². The van der Waals surface area contributed by atoms with Gasteiger partial charge in [-0.1, -0.05) is 0 Å². The average molecular weight is 199 g/mol. The van der Waals surface area contributed by atoms with Gasteiger partial charge in [0.25, 0.3) is 0 Å². The zero-order valence-electron chi connectivity index (χ0n) is 8.64. The Bertz CT molecular complexity index is 517. The normalized spacial score (nSPS) is 12.6. The molecule has 1 atom stereocenters. The van der Waals surface area contributed by atoms with Gasteiger partial charge in [-0.05, 0) is 31.2 Å². The molecule has 0 saturated carbocycles. The molecule has 0 spiro atoms. The van der Waals surface area contributed by atoms with Gasteiger partial charge < -0.3 is 10.3 Å². The summed E-state index contributed by atoms with van der Waals surface area (Å²) < 4.78 is 2.11. The first kappa shape index (κ1) is 9.75. The number of nitrogens with two attached hydrogens (primary N) is 1. The van der Waals surface area contributed by atoms with E-state index in [1.54, 1.807) is 0 Å². The Morgan fingerprint density at radius 3 is 2.93 bits per heavy atom. The standard InChI is InChI=1S/C12H13N3/c1-9(14)8-15-5-4-11-6-10(7-13)2-3-12(11)15/h2-6,9H,8,14H2,1H3. The Morgan fingerprint density at radius 1 is 1.47 bits per heavy atom. The molecule has 1 unspecified atom stereocenters. The summed E-state index contributed by atoms with van der Waals surface area (Å²) in [4.78, 5) is 0. The predicted molar refractivity (Wildman–Crippen MR) is 60.3 cm³/mol. The van der Waals surface area contributed by atoms with Crippen LogP contribution in [0.15, 0.2) is 30.5 Å². The molecule has 2 aromatic rings. The topological polar surface area (TPSA) is 54.7 Å². The van der Waals surface area contributed by atoms with Crippen molar-refractivity contribution in [3.05, 3.63) is 36.0 Å². The lowest BCUT2D eigenvalue weighted by Crippen LogP contribution is -2.21. The lowest BCUT2D eigenvalue weighted by molar-refractivity contribution is 0.605. The van der Waals surface area contributed by atoms with Crippen molar-refractivity contribution in [1.29, 1.82) is 5.26 Å². The van der Waals surface area contributed by atoms with E-state index in [-0.39, 0.29) is 6.04 Å². The molecule has 0 fully saturated rings. The zero-order chi connectivity index (χ0) is 10.8. The number of rotatable bonds is 2. The SMILES string of the molecule is CC(N)Cn1ccc2cc(C#N)ccc21. The number of nitrogens with zero attached hydrogens (tertiary/aromatic N) is 2. The van der Waals surface area contributed by atoms with Gasteiger partial charge in [0.2, 0.25) is 0 Å². The second-order valence-corrected chi connectivity index (χ2v) is 3.83. The maximum atomic E-state index is 8.77. The van der Waals surface area contributed by atoms with Crippen molar-refractivity contribution in [1.82, 2.24) is 4.57 Å². The summed E-state index contributed by atoms with van der Waals surface area (Å²) in [5.41, 5.74) is 7.58. The Labute approximate surface area is 88.7 Å². The van der Waals surface area contributed by atoms with Crippen LogP contribution in [-0.4, -0.2) is 10.6 Å². The van der Waals surface area contributed by atoms with Crippen LogP contribution in [0.1, 0.15) is 12.5 Å². The second-order valence-electron chi connectivity index (χ2n) is 3.83. The van der Waals surface area contributed by atoms with E-state index in [4.69, 9.17) is 11.0 Å². The molecule has 3 heteroatoms. The first-order chi connectivity index (χ1) is 7.20. The molecule has 0 radical (unpaired) electrons. The Morgan fingerprint density at radius 2 is 2.27 bits per heavy atom. The van der Waals surface area contributed by atoms with E-state index in [1.807, 2.05) is 37.4 Å². The summed E-state index contributed by atoms with van der Waals surface area (Å²) in [5.74, 6) is 0. The third-order valence-corrected chi connectivity index (χ3v) is 2.38. The Kier molecular flexibility index (Phi) is 2.44. The van der Waals surface area contributed by atoms with Gasteiger partial charge in [-0.2, -0.15) is 5.26 Å². The highest BCUT2D eigenvalue weighted by Gasteiger charge is 2.03. The van der Waals surface area contributed by atoms with Gasteiger partial charge in [0.05, 0.1) is 11.6 Å². The largest absolute Gasteiger partial charge is 0.346 e. The molecule has 0 aliphatic rings. The number of hydrogen-bond acceptors (Lipinski definition) is 2. The quantitative estimate of drug-likeness (QED) is 0.802. The summed E-state index contributed by atoms with van der Waals surface area (Å²) in [6.07, 6.45) is 2.01.